The van der Waals surface area contributed by atoms with Crippen LogP contribution in [0.1, 0.15) is 54.4 Å². The maximum Gasteiger partial charge on any atom is 0.412 e. The van der Waals surface area contributed by atoms with Crippen LogP contribution in [0.25, 0.3) is 0 Å². The van der Waals surface area contributed by atoms with Gasteiger partial charge in [0.05, 0.1) is 19.8 Å². The lowest BCUT2D eigenvalue weighted by Gasteiger charge is -2.32. The molecule has 10 nitrogen and oxygen atoms in total. The van der Waals surface area contributed by atoms with Crippen LogP contribution >= 0.6 is 0 Å². The molecule has 0 bridgehead atoms. The van der Waals surface area contributed by atoms with Crippen molar-refractivity contribution in [1.29, 1.82) is 0 Å². The fourth-order valence-electron chi connectivity index (χ4n) is 4.30. The first-order valence-electron chi connectivity index (χ1n) is 13.2. The first-order chi connectivity index (χ1) is 19.4. The van der Waals surface area contributed by atoms with Gasteiger partial charge in [-0.05, 0) is 48.7 Å². The molecule has 210 valence electrons. The average Bonchev–Trinajstić information content (AvgIpc) is 3.84. The second kappa shape index (κ2) is 13.5. The second-order valence-corrected chi connectivity index (χ2v) is 9.55. The standard InChI is InChI=1S/C27H29N5O5.C3H6/c1-35-23-15-18(13-20-16-30-26(29)31-25(20)28)12-19(24(23)36-2)7-6-17-4-3-5-22(14-17)32(27(33)34)21-8-10-37-11-9-21;1-2-3-1/h3-5,12,14-16,21H,8-11,13H2,1-2H3,(H,33,34)(H4,28,29,30,31);1-3H2. The molecule has 10 heteroatoms. The predicted octanol–water partition coefficient (Wildman–Crippen LogP) is 4.48. The van der Waals surface area contributed by atoms with Gasteiger partial charge in [-0.15, -0.1) is 0 Å². The first-order valence-corrected chi connectivity index (χ1v) is 13.2. The van der Waals surface area contributed by atoms with Crippen LogP contribution in [0.15, 0.2) is 42.6 Å². The number of anilines is 3. The number of rotatable bonds is 6. The molecule has 2 fully saturated rings. The normalized spacial score (nSPS) is 14.2. The number of amides is 1. The number of methoxy groups -OCH3 is 2. The van der Waals surface area contributed by atoms with Gasteiger partial charge in [0.1, 0.15) is 5.82 Å². The van der Waals surface area contributed by atoms with Gasteiger partial charge in [-0.1, -0.05) is 37.2 Å². The topological polar surface area (TPSA) is 146 Å². The van der Waals surface area contributed by atoms with Crippen molar-refractivity contribution in [2.24, 2.45) is 0 Å². The van der Waals surface area contributed by atoms with E-state index in [2.05, 4.69) is 21.8 Å². The Balaban J connectivity index is 0.00000115. The van der Waals surface area contributed by atoms with E-state index in [1.807, 2.05) is 18.2 Å². The zero-order valence-corrected chi connectivity index (χ0v) is 22.9. The van der Waals surface area contributed by atoms with Crippen molar-refractivity contribution in [2.45, 2.75) is 44.6 Å². The zero-order chi connectivity index (χ0) is 28.5. The van der Waals surface area contributed by atoms with Gasteiger partial charge < -0.3 is 30.8 Å². The van der Waals surface area contributed by atoms with Crippen molar-refractivity contribution in [3.8, 4) is 23.3 Å². The Kier molecular flexibility index (Phi) is 9.65. The molecule has 40 heavy (non-hydrogen) atoms. The molecule has 5 rings (SSSR count). The summed E-state index contributed by atoms with van der Waals surface area (Å²) < 4.78 is 16.5. The lowest BCUT2D eigenvalue weighted by Crippen LogP contribution is -2.43. The summed E-state index contributed by atoms with van der Waals surface area (Å²) >= 11 is 0. The monoisotopic (exact) mass is 545 g/mol. The molecule has 0 atom stereocenters. The molecule has 0 unspecified atom stereocenters. The molecule has 1 amide bonds. The van der Waals surface area contributed by atoms with Gasteiger partial charge in [0.15, 0.2) is 11.5 Å². The largest absolute Gasteiger partial charge is 0.493 e. The van der Waals surface area contributed by atoms with Crippen LogP contribution in [0.2, 0.25) is 0 Å². The molecule has 5 N–H and O–H groups in total. The van der Waals surface area contributed by atoms with E-state index in [1.165, 1.54) is 24.2 Å². The number of ether oxygens (including phenoxy) is 3. The molecule has 1 aliphatic carbocycles. The third-order valence-corrected chi connectivity index (χ3v) is 6.43. The van der Waals surface area contributed by atoms with Crippen LogP contribution in [0, 0.1) is 11.8 Å². The van der Waals surface area contributed by atoms with Gasteiger partial charge in [-0.25, -0.2) is 9.78 Å². The highest BCUT2D eigenvalue weighted by Gasteiger charge is 2.27. The predicted molar refractivity (Wildman–Crippen MR) is 154 cm³/mol. The molecule has 1 aliphatic heterocycles. The Morgan fingerprint density at radius 3 is 2.48 bits per heavy atom. The third kappa shape index (κ3) is 7.55. The summed E-state index contributed by atoms with van der Waals surface area (Å²) in [4.78, 5) is 21.5. The van der Waals surface area contributed by atoms with Gasteiger partial charge in [0.25, 0.3) is 0 Å². The number of hydrogen-bond donors (Lipinski definition) is 3. The summed E-state index contributed by atoms with van der Waals surface area (Å²) in [6.45, 7) is 1.08. The molecule has 3 aromatic rings. The number of carbonyl (C=O) groups is 1. The Bertz CT molecular complexity index is 1390. The van der Waals surface area contributed by atoms with E-state index in [9.17, 15) is 9.90 Å². The van der Waals surface area contributed by atoms with Crippen molar-refractivity contribution in [3.63, 3.8) is 0 Å². The van der Waals surface area contributed by atoms with Crippen LogP contribution < -0.4 is 25.8 Å². The van der Waals surface area contributed by atoms with Gasteiger partial charge in [0, 0.05) is 48.7 Å². The molecule has 2 aliphatic rings. The van der Waals surface area contributed by atoms with E-state index in [-0.39, 0.29) is 12.0 Å². The highest BCUT2D eigenvalue weighted by atomic mass is 16.5. The van der Waals surface area contributed by atoms with Crippen LogP contribution in [-0.4, -0.2) is 54.6 Å². The Hall–Kier alpha value is -4.49. The lowest BCUT2D eigenvalue weighted by atomic mass is 10.0. The van der Waals surface area contributed by atoms with Crippen LogP contribution in [0.3, 0.4) is 0 Å². The molecule has 1 saturated heterocycles. The van der Waals surface area contributed by atoms with E-state index in [1.54, 1.807) is 38.6 Å². The lowest BCUT2D eigenvalue weighted by molar-refractivity contribution is 0.0838. The SMILES string of the molecule is C1CC1.COc1cc(Cc2cnc(N)nc2N)cc(C#Cc2cccc(N(C(=O)O)C3CCOCC3)c2)c1OC. The maximum absolute atomic E-state index is 12.1. The minimum Gasteiger partial charge on any atom is -0.493 e. The third-order valence-electron chi connectivity index (χ3n) is 6.43. The number of aromatic nitrogens is 2. The summed E-state index contributed by atoms with van der Waals surface area (Å²) in [7, 11) is 3.10. The molecule has 2 aromatic carbocycles. The summed E-state index contributed by atoms with van der Waals surface area (Å²) in [6.07, 6.45) is 6.83. The van der Waals surface area contributed by atoms with Gasteiger partial charge in [0.2, 0.25) is 5.95 Å². The van der Waals surface area contributed by atoms with Crippen LogP contribution in [0.4, 0.5) is 22.2 Å². The summed E-state index contributed by atoms with van der Waals surface area (Å²) in [5.41, 5.74) is 15.1. The van der Waals surface area contributed by atoms with Crippen molar-refractivity contribution in [1.82, 2.24) is 9.97 Å². The number of hydrogen-bond acceptors (Lipinski definition) is 8. The van der Waals surface area contributed by atoms with Crippen molar-refractivity contribution in [3.05, 3.63) is 64.8 Å². The molecule has 1 saturated carbocycles. The quantitative estimate of drug-likeness (QED) is 0.382. The smallest absolute Gasteiger partial charge is 0.412 e. The fourth-order valence-corrected chi connectivity index (χ4v) is 4.30. The molecule has 2 heterocycles. The number of nitrogen functional groups attached to an aromatic ring is 2. The van der Waals surface area contributed by atoms with Crippen LogP contribution in [-0.2, 0) is 11.2 Å². The van der Waals surface area contributed by atoms with E-state index < -0.39 is 6.09 Å². The Labute approximate surface area is 234 Å². The van der Waals surface area contributed by atoms with Gasteiger partial charge in [-0.2, -0.15) is 4.98 Å². The first kappa shape index (κ1) is 28.5. The molecule has 1 aromatic heterocycles. The minimum atomic E-state index is -0.998. The van der Waals surface area contributed by atoms with E-state index in [0.29, 0.717) is 66.6 Å². The van der Waals surface area contributed by atoms with Crippen LogP contribution in [0.5, 0.6) is 11.5 Å². The number of benzene rings is 2. The summed E-state index contributed by atoms with van der Waals surface area (Å²) in [6, 6.07) is 10.8. The van der Waals surface area contributed by atoms with E-state index in [0.717, 1.165) is 11.1 Å². The van der Waals surface area contributed by atoms with Crippen molar-refractivity contribution in [2.75, 3.05) is 43.8 Å². The van der Waals surface area contributed by atoms with Gasteiger partial charge >= 0.3 is 6.09 Å². The highest BCUT2D eigenvalue weighted by molar-refractivity contribution is 5.87. The van der Waals surface area contributed by atoms with Crippen molar-refractivity contribution < 1.29 is 24.1 Å². The molecular formula is C30H35N5O5. The summed E-state index contributed by atoms with van der Waals surface area (Å²) in [5, 5.41) is 9.88. The number of nitrogens with two attached hydrogens (primary N) is 2. The highest BCUT2D eigenvalue weighted by Crippen LogP contribution is 2.33. The summed E-state index contributed by atoms with van der Waals surface area (Å²) in [5.74, 6) is 7.72. The average molecular weight is 546 g/mol. The number of carboxylic acid groups (broad SMARTS) is 1. The molecule has 0 radical (unpaired) electrons. The molecule has 0 spiro atoms. The van der Waals surface area contributed by atoms with Gasteiger partial charge in [-0.3, -0.25) is 4.90 Å². The minimum absolute atomic E-state index is 0.112. The number of nitrogens with zero attached hydrogens (tertiary/aromatic N) is 3. The van der Waals surface area contributed by atoms with E-state index >= 15 is 0 Å². The fraction of sp³-hybridized carbons (Fsp3) is 0.367. The molecular weight excluding hydrogens is 510 g/mol. The second-order valence-electron chi connectivity index (χ2n) is 9.55. The maximum atomic E-state index is 12.1. The van der Waals surface area contributed by atoms with E-state index in [4.69, 9.17) is 25.7 Å². The zero-order valence-electron chi connectivity index (χ0n) is 22.9. The Morgan fingerprint density at radius 2 is 1.85 bits per heavy atom. The van der Waals surface area contributed by atoms with Crippen molar-refractivity contribution >= 4 is 23.5 Å². The Morgan fingerprint density at radius 1 is 1.10 bits per heavy atom.